The monoisotopic (exact) mass is 993 g/mol. The van der Waals surface area contributed by atoms with Crippen molar-refractivity contribution in [1.82, 2.24) is 52.3 Å². The molecule has 0 aliphatic carbocycles. The Labute approximate surface area is 424 Å². The van der Waals surface area contributed by atoms with Crippen LogP contribution < -0.4 is 42.5 Å². The molecule has 8 amide bonds. The highest BCUT2D eigenvalue weighted by atomic mass is 16.2. The second-order valence-corrected chi connectivity index (χ2v) is 21.0. The van der Waals surface area contributed by atoms with Gasteiger partial charge in [0, 0.05) is 37.3 Å². The smallest absolute Gasteiger partial charge is 0.251 e. The maximum atomic E-state index is 14.1. The summed E-state index contributed by atoms with van der Waals surface area (Å²) in [6.45, 7) is 15.3. The molecular formula is C54H76N10O8. The van der Waals surface area contributed by atoms with Gasteiger partial charge in [0.1, 0.15) is 24.2 Å². The van der Waals surface area contributed by atoms with Crippen molar-refractivity contribution >= 4 is 47.3 Å². The van der Waals surface area contributed by atoms with E-state index in [0.717, 1.165) is 11.1 Å². The molecule has 0 bridgehead atoms. The van der Waals surface area contributed by atoms with Gasteiger partial charge in [-0.2, -0.15) is 0 Å². The van der Waals surface area contributed by atoms with Gasteiger partial charge < -0.3 is 52.3 Å². The molecule has 8 N–H and O–H groups in total. The molecule has 2 aliphatic heterocycles. The summed E-state index contributed by atoms with van der Waals surface area (Å²) < 4.78 is 0. The molecule has 5 rings (SSSR count). The van der Waals surface area contributed by atoms with Crippen molar-refractivity contribution in [2.24, 2.45) is 10.8 Å². The predicted molar refractivity (Wildman–Crippen MR) is 275 cm³/mol. The minimum Gasteiger partial charge on any atom is -0.350 e. The van der Waals surface area contributed by atoms with Gasteiger partial charge in [-0.05, 0) is 93.8 Å². The number of hydrogen-bond acceptors (Lipinski definition) is 10. The van der Waals surface area contributed by atoms with Gasteiger partial charge >= 0.3 is 0 Å². The third kappa shape index (κ3) is 14.7. The summed E-state index contributed by atoms with van der Waals surface area (Å²) in [6.07, 6.45) is 2.04. The highest BCUT2D eigenvalue weighted by Crippen LogP contribution is 2.29. The van der Waals surface area contributed by atoms with E-state index in [1.165, 1.54) is 15.9 Å². The lowest BCUT2D eigenvalue weighted by atomic mass is 9.85. The molecule has 8 atom stereocenters. The highest BCUT2D eigenvalue weighted by Gasteiger charge is 2.44. The van der Waals surface area contributed by atoms with E-state index in [-0.39, 0.29) is 59.7 Å². The van der Waals surface area contributed by atoms with Crippen molar-refractivity contribution in [3.05, 3.63) is 107 Å². The summed E-state index contributed by atoms with van der Waals surface area (Å²) in [5.74, 6) is -3.11. The molecule has 0 aromatic heterocycles. The number of hydrogen-bond donors (Lipinski definition) is 8. The highest BCUT2D eigenvalue weighted by molar-refractivity contribution is 6.00. The van der Waals surface area contributed by atoms with Crippen LogP contribution >= 0.6 is 0 Å². The fourth-order valence-corrected chi connectivity index (χ4v) is 8.84. The molecule has 0 saturated carbocycles. The molecule has 8 unspecified atom stereocenters. The fourth-order valence-electron chi connectivity index (χ4n) is 8.84. The van der Waals surface area contributed by atoms with E-state index in [2.05, 4.69) is 42.5 Å². The number of carbonyl (C=O) groups is 8. The number of likely N-dealkylation sites (tertiary alicyclic amines) is 2. The molecule has 3 aromatic carbocycles. The van der Waals surface area contributed by atoms with Gasteiger partial charge in [-0.15, -0.1) is 0 Å². The van der Waals surface area contributed by atoms with E-state index in [1.807, 2.05) is 102 Å². The summed E-state index contributed by atoms with van der Waals surface area (Å²) >= 11 is 0. The molecule has 390 valence electrons. The minimum absolute atomic E-state index is 0.0161. The Bertz CT molecular complexity index is 2230. The van der Waals surface area contributed by atoms with Gasteiger partial charge in [-0.3, -0.25) is 38.4 Å². The van der Waals surface area contributed by atoms with Gasteiger partial charge in [0.05, 0.1) is 24.2 Å². The summed E-state index contributed by atoms with van der Waals surface area (Å²) in [4.78, 5) is 113. The van der Waals surface area contributed by atoms with Crippen LogP contribution in [0, 0.1) is 10.8 Å². The zero-order valence-electron chi connectivity index (χ0n) is 43.5. The van der Waals surface area contributed by atoms with Crippen molar-refractivity contribution < 1.29 is 38.4 Å². The van der Waals surface area contributed by atoms with Crippen molar-refractivity contribution in [2.75, 3.05) is 40.3 Å². The third-order valence-corrected chi connectivity index (χ3v) is 13.5. The maximum Gasteiger partial charge on any atom is 0.251 e. The molecule has 0 spiro atoms. The molecule has 3 aromatic rings. The normalized spacial score (nSPS) is 18.4. The topological polar surface area (TPSA) is 239 Å². The first-order chi connectivity index (χ1) is 34.0. The predicted octanol–water partition coefficient (Wildman–Crippen LogP) is 3.12. The summed E-state index contributed by atoms with van der Waals surface area (Å²) in [5, 5.41) is 23.5. The molecule has 2 saturated heterocycles. The Morgan fingerprint density at radius 3 is 1.22 bits per heavy atom. The van der Waals surface area contributed by atoms with Crippen LogP contribution in [0.5, 0.6) is 0 Å². The van der Waals surface area contributed by atoms with Gasteiger partial charge in [0.25, 0.3) is 11.8 Å². The fraction of sp³-hybridized carbons (Fsp3) is 0.519. The molecule has 2 heterocycles. The summed E-state index contributed by atoms with van der Waals surface area (Å²) in [6, 6.07) is 18.7. The van der Waals surface area contributed by atoms with Crippen LogP contribution in [0.2, 0.25) is 0 Å². The molecular weight excluding hydrogens is 917 g/mol. The van der Waals surface area contributed by atoms with E-state index < -0.39 is 71.0 Å². The minimum atomic E-state index is -0.878. The Morgan fingerprint density at radius 1 is 0.528 bits per heavy atom. The zero-order valence-corrected chi connectivity index (χ0v) is 43.5. The van der Waals surface area contributed by atoms with Crippen molar-refractivity contribution in [3.8, 4) is 0 Å². The summed E-state index contributed by atoms with van der Waals surface area (Å²) in [5.41, 5.74) is 0.545. The quantitative estimate of drug-likeness (QED) is 0.0824. The van der Waals surface area contributed by atoms with Gasteiger partial charge in [-0.1, -0.05) is 108 Å². The van der Waals surface area contributed by atoms with Crippen LogP contribution in [0.15, 0.2) is 84.9 Å². The van der Waals surface area contributed by atoms with Gasteiger partial charge in [-0.25, -0.2) is 0 Å². The number of amides is 8. The first-order valence-electron chi connectivity index (χ1n) is 25.0. The lowest BCUT2D eigenvalue weighted by Crippen LogP contribution is -2.59. The number of nitrogens with zero attached hydrogens (tertiary/aromatic N) is 2. The number of nitrogens with one attached hydrogen (secondary N) is 8. The van der Waals surface area contributed by atoms with Gasteiger partial charge in [0.15, 0.2) is 0 Å². The van der Waals surface area contributed by atoms with Crippen LogP contribution in [0.1, 0.15) is 125 Å². The molecule has 72 heavy (non-hydrogen) atoms. The van der Waals surface area contributed by atoms with Crippen molar-refractivity contribution in [3.63, 3.8) is 0 Å². The van der Waals surface area contributed by atoms with Gasteiger partial charge in [0.2, 0.25) is 35.4 Å². The van der Waals surface area contributed by atoms with E-state index in [1.54, 1.807) is 46.1 Å². The standard InChI is InChI=1S/C54H76N10O8/c1-33(55-9)45(65)61-43(53(3,4)5)51(71)63-28-18-26-41(63)49(69)59-39(35-20-13-11-14-21-35)31-57-47(67)37-24-17-25-38(30-37)48(68)58-32-40(36-22-15-12-16-23-36)60-50(70)42-27-19-29-64(42)52(72)44(54(6,7)8)62-46(66)34(2)56-10/h11-17,20-25,30,33-34,39-44,55-56H,18-19,26-29,31-32H2,1-10H3,(H,57,67)(H,58,68)(H,59,69)(H,60,70)(H,61,65)(H,62,66). The zero-order chi connectivity index (χ0) is 52.9. The maximum absolute atomic E-state index is 14.1. The average Bonchev–Trinajstić information content (AvgIpc) is 4.08. The Morgan fingerprint density at radius 2 is 0.889 bits per heavy atom. The average molecular weight is 993 g/mol. The molecule has 18 heteroatoms. The Balaban J connectivity index is 1.25. The Kier molecular flexibility index (Phi) is 19.6. The van der Waals surface area contributed by atoms with Crippen LogP contribution in [0.3, 0.4) is 0 Å². The number of rotatable bonds is 20. The third-order valence-electron chi connectivity index (χ3n) is 13.5. The van der Waals surface area contributed by atoms with E-state index >= 15 is 0 Å². The lowest BCUT2D eigenvalue weighted by Gasteiger charge is -2.36. The number of carbonyl (C=O) groups excluding carboxylic acids is 8. The van der Waals surface area contributed by atoms with Crippen LogP contribution in [0.4, 0.5) is 0 Å². The molecule has 2 aliphatic rings. The first-order valence-corrected chi connectivity index (χ1v) is 25.0. The lowest BCUT2D eigenvalue weighted by molar-refractivity contribution is -0.144. The number of benzene rings is 3. The van der Waals surface area contributed by atoms with E-state index in [4.69, 9.17) is 0 Å². The SMILES string of the molecule is CNC(C)C(=O)NC(C(=O)N1CCCC1C(=O)NC(CNC(=O)c1cccc(C(=O)NCC(NC(=O)C2CCCN2C(=O)C(NC(=O)C(C)NC)C(C)(C)C)c2ccccc2)c1)c1ccccc1)C(C)(C)C. The largest absolute Gasteiger partial charge is 0.350 e. The molecule has 2 fully saturated rings. The second-order valence-electron chi connectivity index (χ2n) is 21.0. The summed E-state index contributed by atoms with van der Waals surface area (Å²) in [7, 11) is 3.32. The van der Waals surface area contributed by atoms with Crippen LogP contribution in [-0.2, 0) is 28.8 Å². The van der Waals surface area contributed by atoms with Crippen LogP contribution in [0.25, 0.3) is 0 Å². The Hall–Kier alpha value is -6.66. The molecule has 0 radical (unpaired) electrons. The second kappa shape index (κ2) is 25.1. The van der Waals surface area contributed by atoms with Crippen LogP contribution in [-0.4, -0.2) is 134 Å². The van der Waals surface area contributed by atoms with E-state index in [0.29, 0.717) is 38.8 Å². The number of likely N-dealkylation sites (N-methyl/N-ethyl adjacent to an activating group) is 2. The molecule has 18 nitrogen and oxygen atoms in total. The first kappa shape index (κ1) is 56.3. The van der Waals surface area contributed by atoms with Crippen molar-refractivity contribution in [1.29, 1.82) is 0 Å². The van der Waals surface area contributed by atoms with E-state index in [9.17, 15) is 38.4 Å². The van der Waals surface area contributed by atoms with Crippen molar-refractivity contribution in [2.45, 2.75) is 129 Å².